The van der Waals surface area contributed by atoms with Crippen LogP contribution in [0.15, 0.2) is 291 Å². The Morgan fingerprint density at radius 2 is 0.608 bits per heavy atom. The summed E-state index contributed by atoms with van der Waals surface area (Å²) in [4.78, 5) is 19.2. The van der Waals surface area contributed by atoms with Crippen molar-refractivity contribution in [2.24, 2.45) is 0 Å². The molecule has 15 aromatic carbocycles. The summed E-state index contributed by atoms with van der Waals surface area (Å²) in [7, 11) is 0. The zero-order valence-corrected chi connectivity index (χ0v) is 56.2. The minimum atomic E-state index is 0.848. The van der Waals surface area contributed by atoms with Crippen LogP contribution in [0.3, 0.4) is 0 Å². The second-order valence-corrected chi connectivity index (χ2v) is 26.4. The first-order valence-corrected chi connectivity index (χ1v) is 35.1. The lowest BCUT2D eigenvalue weighted by atomic mass is 9.92. The van der Waals surface area contributed by atoms with Crippen LogP contribution in [0, 0.1) is 0 Å². The third-order valence-electron chi connectivity index (χ3n) is 20.6. The molecule has 10 nitrogen and oxygen atoms in total. The van der Waals surface area contributed by atoms with E-state index in [0.717, 1.165) is 160 Å². The number of rotatable bonds is 7. The molecule has 0 bridgehead atoms. The van der Waals surface area contributed by atoms with E-state index >= 15 is 0 Å². The monoisotopic (exact) mass is 1310 g/mol. The van der Waals surface area contributed by atoms with E-state index in [0.29, 0.717) is 0 Å². The third kappa shape index (κ3) is 9.33. The number of benzene rings is 15. The highest BCUT2D eigenvalue weighted by Crippen LogP contribution is 2.49. The van der Waals surface area contributed by atoms with Crippen LogP contribution in [0.5, 0.6) is 34.5 Å². The minimum Gasteiger partial charge on any atom is -0.453 e. The van der Waals surface area contributed by atoms with E-state index in [1.807, 2.05) is 54.7 Å². The van der Waals surface area contributed by atoms with E-state index in [1.165, 1.54) is 70.6 Å². The normalized spacial score (nSPS) is 12.2. The van der Waals surface area contributed by atoms with Crippen molar-refractivity contribution in [1.82, 2.24) is 33.6 Å². The molecule has 0 unspecified atom stereocenters. The Balaban J connectivity index is 0.000000103. The highest BCUT2D eigenvalue weighted by molar-refractivity contribution is 6.16. The number of nitrogens with zero attached hydrogens (tertiary/aromatic N) is 7. The van der Waals surface area contributed by atoms with Crippen molar-refractivity contribution in [3.63, 3.8) is 0 Å². The molecule has 19 aromatic rings. The van der Waals surface area contributed by atoms with Gasteiger partial charge in [-0.3, -0.25) is 18.7 Å². The maximum atomic E-state index is 6.41. The van der Waals surface area contributed by atoms with Crippen LogP contribution in [-0.4, -0.2) is 33.6 Å². The maximum Gasteiger partial charge on any atom is 0.153 e. The SMILES string of the molecule is CCc1nc2cccc3c2n1-c1ccc(-c2cc4ccccc4c4ccccc24)cc1O3.CCc1nc2cccc3c2n1-c1ccc(-c2cc4ccccc4c4ncccc24)cc1O3.CCc1nc2cccc3c2n1-c1ccc(-c2ccc(-c4cc5ccccc5c5ccccc45)cc2)cc1O3. The summed E-state index contributed by atoms with van der Waals surface area (Å²) in [6.07, 6.45) is 4.45. The average molecular weight is 1310 g/mol. The Morgan fingerprint density at radius 3 is 1.06 bits per heavy atom. The molecular weight excluding hydrogens is 1250 g/mol. The third-order valence-corrected chi connectivity index (χ3v) is 20.6. The average Bonchev–Trinajstić information content (AvgIpc) is 1.47. The van der Waals surface area contributed by atoms with Crippen molar-refractivity contribution in [1.29, 1.82) is 0 Å². The second kappa shape index (κ2) is 23.5. The van der Waals surface area contributed by atoms with Crippen molar-refractivity contribution < 1.29 is 14.2 Å². The summed E-state index contributed by atoms with van der Waals surface area (Å²) in [5.74, 6) is 8.31. The molecule has 0 spiro atoms. The van der Waals surface area contributed by atoms with Crippen molar-refractivity contribution in [3.05, 3.63) is 309 Å². The Kier molecular flexibility index (Phi) is 13.6. The summed E-state index contributed by atoms with van der Waals surface area (Å²) in [6, 6.07) is 101. The Morgan fingerprint density at radius 1 is 0.265 bits per heavy atom. The van der Waals surface area contributed by atoms with Gasteiger partial charge in [-0.05, 0) is 190 Å². The van der Waals surface area contributed by atoms with Gasteiger partial charge in [0.1, 0.15) is 34.0 Å². The van der Waals surface area contributed by atoms with Crippen LogP contribution in [0.25, 0.3) is 159 Å². The molecule has 3 aliphatic rings. The number of hydrogen-bond donors (Lipinski definition) is 0. The van der Waals surface area contributed by atoms with Gasteiger partial charge in [0, 0.05) is 36.2 Å². The summed E-state index contributed by atoms with van der Waals surface area (Å²) in [5, 5.41) is 13.7. The largest absolute Gasteiger partial charge is 0.453 e. The Labute approximate surface area is 587 Å². The molecule has 0 fully saturated rings. The van der Waals surface area contributed by atoms with Gasteiger partial charge in [0.2, 0.25) is 0 Å². The molecule has 0 atom stereocenters. The topological polar surface area (TPSA) is 94.0 Å². The zero-order valence-electron chi connectivity index (χ0n) is 56.2. The predicted molar refractivity (Wildman–Crippen MR) is 416 cm³/mol. The number of fused-ring (bicyclic) bond motifs is 15. The standard InChI is InChI=1S/C35H24N2O.C29H20N2O.C28H19N3O/c1-2-34-36-30-12-7-13-32-35(30)37(34)31-19-18-24(21-33(31)38-32)22-14-16-23(17-15-22)29-20-25-8-3-4-9-26(25)27-10-5-6-11-28(27)29;1-2-28-30-24-12-7-13-26-29(24)31(28)25-15-14-19(17-27(25)32-26)23-16-18-8-3-4-9-20(18)21-10-5-6-11-22(21)23;1-2-26-30-22-10-5-11-24-28(22)31(26)23-13-12-18(16-25(23)32-24)21-15-17-7-3-4-8-19(17)27-20(21)9-6-14-29-27/h3-21H,2H2,1H3;3-17H,2H2,1H3;3-16H,2H2,1H3. The van der Waals surface area contributed by atoms with Gasteiger partial charge in [0.15, 0.2) is 34.5 Å². The second-order valence-electron chi connectivity index (χ2n) is 26.4. The number of imidazole rings is 3. The fourth-order valence-electron chi connectivity index (χ4n) is 16.0. The number of pyridine rings is 1. The van der Waals surface area contributed by atoms with Crippen LogP contribution in [-0.2, 0) is 19.3 Å². The molecule has 22 rings (SSSR count). The van der Waals surface area contributed by atoms with Gasteiger partial charge < -0.3 is 14.2 Å². The van der Waals surface area contributed by atoms with E-state index in [-0.39, 0.29) is 0 Å². The number of ether oxygens (including phenoxy) is 3. The van der Waals surface area contributed by atoms with Crippen molar-refractivity contribution in [3.8, 4) is 96.1 Å². The molecule has 0 N–H and O–H groups in total. The van der Waals surface area contributed by atoms with Gasteiger partial charge in [-0.2, -0.15) is 0 Å². The van der Waals surface area contributed by atoms with Crippen LogP contribution in [0.1, 0.15) is 38.2 Å². The van der Waals surface area contributed by atoms with Gasteiger partial charge in [0.25, 0.3) is 0 Å². The lowest BCUT2D eigenvalue weighted by Gasteiger charge is -2.22. The van der Waals surface area contributed by atoms with E-state index in [4.69, 9.17) is 34.1 Å². The molecule has 3 aliphatic heterocycles. The molecule has 4 aromatic heterocycles. The Bertz CT molecular complexity index is 6440. The number of para-hydroxylation sites is 3. The van der Waals surface area contributed by atoms with Gasteiger partial charge >= 0.3 is 0 Å². The molecule has 0 saturated carbocycles. The maximum absolute atomic E-state index is 6.41. The molecule has 0 saturated heterocycles. The molecule has 0 aliphatic carbocycles. The fraction of sp³-hybridized carbons (Fsp3) is 0.0652. The highest BCUT2D eigenvalue weighted by atomic mass is 16.5. The summed E-state index contributed by atoms with van der Waals surface area (Å²) in [5.41, 5.74) is 19.7. The molecule has 0 radical (unpaired) electrons. The first-order valence-electron chi connectivity index (χ1n) is 35.1. The van der Waals surface area contributed by atoms with Crippen LogP contribution in [0.4, 0.5) is 0 Å². The lowest BCUT2D eigenvalue weighted by Crippen LogP contribution is -2.07. The van der Waals surface area contributed by atoms with Crippen molar-refractivity contribution in [2.75, 3.05) is 0 Å². The molecule has 102 heavy (non-hydrogen) atoms. The van der Waals surface area contributed by atoms with Crippen LogP contribution < -0.4 is 14.2 Å². The van der Waals surface area contributed by atoms with Crippen molar-refractivity contribution >= 4 is 97.9 Å². The highest BCUT2D eigenvalue weighted by Gasteiger charge is 2.28. The molecule has 7 heterocycles. The smallest absolute Gasteiger partial charge is 0.153 e. The van der Waals surface area contributed by atoms with Crippen LogP contribution in [0.2, 0.25) is 0 Å². The van der Waals surface area contributed by atoms with E-state index < -0.39 is 0 Å². The van der Waals surface area contributed by atoms with Gasteiger partial charge in [-0.1, -0.05) is 209 Å². The molecular formula is C92H63N7O3. The Hall–Kier alpha value is -13.2. The predicted octanol–water partition coefficient (Wildman–Crippen LogP) is 24.1. The molecule has 0 amide bonds. The zero-order chi connectivity index (χ0) is 67.7. The minimum absolute atomic E-state index is 0.848. The summed E-state index contributed by atoms with van der Waals surface area (Å²) < 4.78 is 25.9. The summed E-state index contributed by atoms with van der Waals surface area (Å²) >= 11 is 0. The van der Waals surface area contributed by atoms with E-state index in [9.17, 15) is 0 Å². The number of aryl methyl sites for hydroxylation is 3. The van der Waals surface area contributed by atoms with E-state index in [1.54, 1.807) is 0 Å². The first kappa shape index (κ1) is 58.9. The number of aromatic nitrogens is 7. The lowest BCUT2D eigenvalue weighted by molar-refractivity contribution is 0.474. The van der Waals surface area contributed by atoms with Crippen LogP contribution >= 0.6 is 0 Å². The number of hydrogen-bond acceptors (Lipinski definition) is 7. The van der Waals surface area contributed by atoms with Crippen molar-refractivity contribution in [2.45, 2.75) is 40.0 Å². The fourth-order valence-corrected chi connectivity index (χ4v) is 16.0. The molecule has 484 valence electrons. The quantitative estimate of drug-likeness (QED) is 0.147. The summed E-state index contributed by atoms with van der Waals surface area (Å²) in [6.45, 7) is 6.44. The van der Waals surface area contributed by atoms with E-state index in [2.05, 4.69) is 271 Å². The van der Waals surface area contributed by atoms with Gasteiger partial charge in [-0.25, -0.2) is 15.0 Å². The van der Waals surface area contributed by atoms with Gasteiger partial charge in [0.05, 0.1) is 39.1 Å². The van der Waals surface area contributed by atoms with Gasteiger partial charge in [-0.15, -0.1) is 0 Å². The first-order chi connectivity index (χ1) is 50.4. The molecule has 10 heteroatoms.